The van der Waals surface area contributed by atoms with Crippen molar-refractivity contribution < 1.29 is 33.8 Å². The molecule has 0 aromatic carbocycles. The largest absolute Gasteiger partial charge is 0.481 e. The quantitative estimate of drug-likeness (QED) is 0.243. The first-order valence-electron chi connectivity index (χ1n) is 7.85. The predicted molar refractivity (Wildman–Crippen MR) is 89.4 cm³/mol. The molecule has 0 aliphatic rings. The Kier molecular flexibility index (Phi) is 10.4. The summed E-state index contributed by atoms with van der Waals surface area (Å²) in [5.74, 6) is -2.27. The Bertz CT molecular complexity index is 476. The van der Waals surface area contributed by atoms with Crippen molar-refractivity contribution >= 4 is 17.9 Å². The first kappa shape index (κ1) is 21.9. The van der Waals surface area contributed by atoms with Crippen molar-refractivity contribution in [2.24, 2.45) is 0 Å². The average molecular weight is 342 g/mol. The highest BCUT2D eigenvalue weighted by Crippen LogP contribution is 2.08. The van der Waals surface area contributed by atoms with Crippen LogP contribution in [0.15, 0.2) is 24.3 Å². The van der Waals surface area contributed by atoms with Gasteiger partial charge in [-0.15, -0.1) is 0 Å². The van der Waals surface area contributed by atoms with Gasteiger partial charge in [0, 0.05) is 6.42 Å². The van der Waals surface area contributed by atoms with Crippen molar-refractivity contribution in [3.05, 3.63) is 24.3 Å². The maximum absolute atomic E-state index is 11.8. The van der Waals surface area contributed by atoms with Crippen LogP contribution in [0, 0.1) is 0 Å². The molecular formula is C17H28NO6+. The zero-order valence-electron chi connectivity index (χ0n) is 14.6. The van der Waals surface area contributed by atoms with Gasteiger partial charge in [0.25, 0.3) is 0 Å². The molecule has 24 heavy (non-hydrogen) atoms. The first-order valence-corrected chi connectivity index (χ1v) is 7.85. The van der Waals surface area contributed by atoms with Gasteiger partial charge in [-0.05, 0) is 12.8 Å². The van der Waals surface area contributed by atoms with Gasteiger partial charge in [-0.2, -0.15) is 0 Å². The van der Waals surface area contributed by atoms with Crippen molar-refractivity contribution in [1.29, 1.82) is 0 Å². The minimum Gasteiger partial charge on any atom is -0.481 e. The Labute approximate surface area is 142 Å². The molecule has 0 saturated heterocycles. The van der Waals surface area contributed by atoms with Crippen molar-refractivity contribution in [2.45, 2.75) is 38.2 Å². The molecule has 0 heterocycles. The highest BCUT2D eigenvalue weighted by atomic mass is 16.5. The van der Waals surface area contributed by atoms with Crippen molar-refractivity contribution in [3.8, 4) is 0 Å². The summed E-state index contributed by atoms with van der Waals surface area (Å²) in [6, 6.07) is 0. The molecule has 0 radical (unpaired) electrons. The molecule has 0 rings (SSSR count). The average Bonchev–Trinajstić information content (AvgIpc) is 2.38. The number of allylic oxidation sites excluding steroid dienone is 3. The van der Waals surface area contributed by atoms with E-state index in [1.807, 2.05) is 27.2 Å². The number of carbonyl (C=O) groups excluding carboxylic acids is 1. The lowest BCUT2D eigenvalue weighted by Gasteiger charge is -2.28. The second-order valence-corrected chi connectivity index (χ2v) is 6.53. The number of carbonyl (C=O) groups is 3. The number of hydrogen-bond donors (Lipinski definition) is 2. The Balaban J connectivity index is 4.12. The van der Waals surface area contributed by atoms with Crippen LogP contribution in [0.5, 0.6) is 0 Å². The van der Waals surface area contributed by atoms with Gasteiger partial charge in [-0.3, -0.25) is 14.4 Å². The van der Waals surface area contributed by atoms with Gasteiger partial charge < -0.3 is 19.4 Å². The number of quaternary nitrogens is 1. The number of carboxylic acid groups (broad SMARTS) is 2. The molecule has 7 nitrogen and oxygen atoms in total. The number of carboxylic acids is 2. The highest BCUT2D eigenvalue weighted by Gasteiger charge is 2.24. The lowest BCUT2D eigenvalue weighted by Crippen LogP contribution is -2.43. The smallest absolute Gasteiger partial charge is 0.307 e. The van der Waals surface area contributed by atoms with E-state index >= 15 is 0 Å². The van der Waals surface area contributed by atoms with E-state index < -0.39 is 24.0 Å². The molecule has 7 heteroatoms. The van der Waals surface area contributed by atoms with Crippen molar-refractivity contribution in [2.75, 3.05) is 27.7 Å². The van der Waals surface area contributed by atoms with Gasteiger partial charge >= 0.3 is 17.9 Å². The number of hydrogen-bond acceptors (Lipinski definition) is 4. The fourth-order valence-corrected chi connectivity index (χ4v) is 1.98. The van der Waals surface area contributed by atoms with Crippen LogP contribution in [0.3, 0.4) is 0 Å². The SMILES string of the molecule is C[N+](C)(C)CC(CC(=O)O)OC(=O)CCC/C=C/C=C/CC(=O)O. The summed E-state index contributed by atoms with van der Waals surface area (Å²) in [6.45, 7) is 0.437. The lowest BCUT2D eigenvalue weighted by molar-refractivity contribution is -0.873. The van der Waals surface area contributed by atoms with E-state index in [-0.39, 0.29) is 19.3 Å². The van der Waals surface area contributed by atoms with E-state index in [9.17, 15) is 14.4 Å². The van der Waals surface area contributed by atoms with E-state index in [1.54, 1.807) is 12.2 Å². The van der Waals surface area contributed by atoms with Crippen LogP contribution < -0.4 is 0 Å². The zero-order valence-corrected chi connectivity index (χ0v) is 14.6. The molecule has 0 amide bonds. The molecule has 136 valence electrons. The van der Waals surface area contributed by atoms with Crippen LogP contribution in [0.2, 0.25) is 0 Å². The summed E-state index contributed by atoms with van der Waals surface area (Å²) in [5.41, 5.74) is 0. The summed E-state index contributed by atoms with van der Waals surface area (Å²) < 4.78 is 5.78. The standard InChI is InChI=1S/C17H27NO6/c1-18(2,3)13-14(12-16(21)22)24-17(23)11-9-7-5-4-6-8-10-15(19)20/h4-6,8,14H,7,9-13H2,1-3H3,(H-,19,20,21,22)/p+1/b5-4+,8-6+. The molecule has 0 saturated carbocycles. The maximum atomic E-state index is 11.8. The van der Waals surface area contributed by atoms with Crippen LogP contribution in [-0.2, 0) is 19.1 Å². The molecule has 0 fully saturated rings. The Morgan fingerprint density at radius 2 is 1.67 bits per heavy atom. The summed E-state index contributed by atoms with van der Waals surface area (Å²) in [4.78, 5) is 32.9. The third-order valence-electron chi connectivity index (χ3n) is 2.88. The molecule has 0 aromatic rings. The zero-order chi connectivity index (χ0) is 18.6. The van der Waals surface area contributed by atoms with Crippen LogP contribution in [0.4, 0.5) is 0 Å². The molecule has 0 spiro atoms. The summed E-state index contributed by atoms with van der Waals surface area (Å²) in [5, 5.41) is 17.3. The van der Waals surface area contributed by atoms with E-state index in [2.05, 4.69) is 0 Å². The molecule has 0 aliphatic heterocycles. The second-order valence-electron chi connectivity index (χ2n) is 6.53. The second kappa shape index (κ2) is 11.4. The lowest BCUT2D eigenvalue weighted by atomic mass is 10.2. The van der Waals surface area contributed by atoms with Crippen molar-refractivity contribution in [1.82, 2.24) is 0 Å². The number of aliphatic carboxylic acids is 2. The third kappa shape index (κ3) is 14.8. The molecule has 2 N–H and O–H groups in total. The molecule has 0 aliphatic carbocycles. The molecular weight excluding hydrogens is 314 g/mol. The van der Waals surface area contributed by atoms with Gasteiger partial charge in [0.1, 0.15) is 6.54 Å². The van der Waals surface area contributed by atoms with Crippen LogP contribution in [0.25, 0.3) is 0 Å². The van der Waals surface area contributed by atoms with Crippen LogP contribution >= 0.6 is 0 Å². The number of esters is 1. The topological polar surface area (TPSA) is 101 Å². The van der Waals surface area contributed by atoms with Crippen molar-refractivity contribution in [3.63, 3.8) is 0 Å². The number of unbranched alkanes of at least 4 members (excludes halogenated alkanes) is 1. The predicted octanol–water partition coefficient (Wildman–Crippen LogP) is 1.84. The normalized spacial score (nSPS) is 13.3. The van der Waals surface area contributed by atoms with E-state index in [4.69, 9.17) is 14.9 Å². The molecule has 0 bridgehead atoms. The monoisotopic (exact) mass is 342 g/mol. The molecule has 1 atom stereocenters. The fourth-order valence-electron chi connectivity index (χ4n) is 1.98. The van der Waals surface area contributed by atoms with Gasteiger partial charge in [0.15, 0.2) is 6.10 Å². The fraction of sp³-hybridized carbons (Fsp3) is 0.588. The Hall–Kier alpha value is -2.15. The maximum Gasteiger partial charge on any atom is 0.307 e. The first-order chi connectivity index (χ1) is 11.1. The Morgan fingerprint density at radius 1 is 1.04 bits per heavy atom. The number of ether oxygens (including phenoxy) is 1. The Morgan fingerprint density at radius 3 is 2.21 bits per heavy atom. The minimum absolute atomic E-state index is 0.0199. The van der Waals surface area contributed by atoms with E-state index in [0.717, 1.165) is 0 Å². The van der Waals surface area contributed by atoms with Gasteiger partial charge in [0.2, 0.25) is 0 Å². The number of rotatable bonds is 12. The highest BCUT2D eigenvalue weighted by molar-refractivity contribution is 5.71. The van der Waals surface area contributed by atoms with Gasteiger partial charge in [-0.1, -0.05) is 24.3 Å². The molecule has 1 unspecified atom stereocenters. The van der Waals surface area contributed by atoms with Crippen LogP contribution in [-0.4, -0.2) is 66.4 Å². The summed E-state index contributed by atoms with van der Waals surface area (Å²) in [6.07, 6.45) is 7.37. The minimum atomic E-state index is -0.989. The number of likely N-dealkylation sites (N-methyl/N-ethyl adjacent to an activating group) is 1. The molecule has 0 aromatic heterocycles. The van der Waals surface area contributed by atoms with E-state index in [1.165, 1.54) is 6.08 Å². The van der Waals surface area contributed by atoms with E-state index in [0.29, 0.717) is 23.9 Å². The third-order valence-corrected chi connectivity index (χ3v) is 2.88. The van der Waals surface area contributed by atoms with Gasteiger partial charge in [0.05, 0.1) is 34.0 Å². The van der Waals surface area contributed by atoms with Crippen LogP contribution in [0.1, 0.15) is 32.1 Å². The summed E-state index contributed by atoms with van der Waals surface area (Å²) >= 11 is 0. The van der Waals surface area contributed by atoms with Gasteiger partial charge in [-0.25, -0.2) is 0 Å². The summed E-state index contributed by atoms with van der Waals surface area (Å²) in [7, 11) is 5.72. The number of nitrogens with zero attached hydrogens (tertiary/aromatic N) is 1.